The van der Waals surface area contributed by atoms with Crippen molar-refractivity contribution in [1.82, 2.24) is 5.32 Å². The van der Waals surface area contributed by atoms with Gasteiger partial charge >= 0.3 is 5.97 Å². The van der Waals surface area contributed by atoms with Crippen molar-refractivity contribution in [3.63, 3.8) is 0 Å². The van der Waals surface area contributed by atoms with E-state index >= 15 is 0 Å². The highest BCUT2D eigenvalue weighted by Gasteiger charge is 2.42. The second-order valence-electron chi connectivity index (χ2n) is 6.49. The minimum Gasteiger partial charge on any atom is -0.481 e. The van der Waals surface area contributed by atoms with Crippen LogP contribution in [0.3, 0.4) is 0 Å². The third-order valence-corrected chi connectivity index (χ3v) is 5.10. The molecule has 1 heterocycles. The van der Waals surface area contributed by atoms with E-state index in [9.17, 15) is 9.59 Å². The Morgan fingerprint density at radius 3 is 2.48 bits per heavy atom. The summed E-state index contributed by atoms with van der Waals surface area (Å²) in [6.45, 7) is 1.70. The lowest BCUT2D eigenvalue weighted by molar-refractivity contribution is -0.137. The van der Waals surface area contributed by atoms with Crippen LogP contribution in [0.4, 0.5) is 0 Å². The number of carbonyl (C=O) groups is 2. The number of amides is 1. The van der Waals surface area contributed by atoms with Crippen molar-refractivity contribution in [2.75, 3.05) is 19.8 Å². The summed E-state index contributed by atoms with van der Waals surface area (Å²) in [7, 11) is 0. The van der Waals surface area contributed by atoms with Gasteiger partial charge in [-0.25, -0.2) is 0 Å². The van der Waals surface area contributed by atoms with Gasteiger partial charge in [0.1, 0.15) is 0 Å². The fourth-order valence-electron chi connectivity index (χ4n) is 3.31. The lowest BCUT2D eigenvalue weighted by Gasteiger charge is -2.36. The average molecular weight is 368 g/mol. The van der Waals surface area contributed by atoms with Crippen molar-refractivity contribution >= 4 is 23.5 Å². The van der Waals surface area contributed by atoms with Gasteiger partial charge in [-0.1, -0.05) is 42.6 Å². The molecule has 6 heteroatoms. The van der Waals surface area contributed by atoms with Crippen LogP contribution < -0.4 is 5.32 Å². The standard InChI is InChI=1S/C19H26ClNO4/c20-16-8-5-4-7-15(16)19(10-13-25-14-11-19)18(24)21-12-6-2-1-3-9-17(22)23/h4-5,7-8H,1-3,6,9-14H2,(H,21,24)(H,22,23). The predicted octanol–water partition coefficient (Wildman–Crippen LogP) is 3.54. The van der Waals surface area contributed by atoms with E-state index < -0.39 is 11.4 Å². The van der Waals surface area contributed by atoms with E-state index in [0.717, 1.165) is 24.8 Å². The van der Waals surface area contributed by atoms with E-state index in [0.29, 0.717) is 44.0 Å². The Kier molecular flexibility index (Phi) is 7.72. The molecule has 0 unspecified atom stereocenters. The molecule has 25 heavy (non-hydrogen) atoms. The Labute approximate surface area is 153 Å². The second kappa shape index (κ2) is 9.78. The van der Waals surface area contributed by atoms with Gasteiger partial charge in [-0.05, 0) is 37.3 Å². The van der Waals surface area contributed by atoms with Gasteiger partial charge in [0.2, 0.25) is 5.91 Å². The molecule has 1 aliphatic heterocycles. The van der Waals surface area contributed by atoms with E-state index in [1.54, 1.807) is 0 Å². The Bertz CT molecular complexity index is 585. The molecule has 0 atom stereocenters. The molecule has 0 radical (unpaired) electrons. The van der Waals surface area contributed by atoms with Crippen molar-refractivity contribution in [3.05, 3.63) is 34.9 Å². The first-order valence-corrected chi connectivity index (χ1v) is 9.27. The fourth-order valence-corrected chi connectivity index (χ4v) is 3.63. The summed E-state index contributed by atoms with van der Waals surface area (Å²) in [6.07, 6.45) is 4.77. The molecule has 1 amide bonds. The van der Waals surface area contributed by atoms with Crippen LogP contribution in [0.2, 0.25) is 5.02 Å². The zero-order chi connectivity index (χ0) is 18.1. The molecule has 2 rings (SSSR count). The smallest absolute Gasteiger partial charge is 0.303 e. The zero-order valence-electron chi connectivity index (χ0n) is 14.4. The molecule has 0 saturated carbocycles. The fraction of sp³-hybridized carbons (Fsp3) is 0.579. The highest BCUT2D eigenvalue weighted by molar-refractivity contribution is 6.31. The number of aliphatic carboxylic acids is 1. The normalized spacial score (nSPS) is 16.4. The summed E-state index contributed by atoms with van der Waals surface area (Å²) in [4.78, 5) is 23.4. The quantitative estimate of drug-likeness (QED) is 0.654. The summed E-state index contributed by atoms with van der Waals surface area (Å²) < 4.78 is 5.45. The van der Waals surface area contributed by atoms with Crippen LogP contribution in [0.25, 0.3) is 0 Å². The van der Waals surface area contributed by atoms with E-state index in [2.05, 4.69) is 5.32 Å². The van der Waals surface area contributed by atoms with E-state index in [-0.39, 0.29) is 12.3 Å². The molecule has 0 spiro atoms. The Morgan fingerprint density at radius 1 is 1.12 bits per heavy atom. The summed E-state index contributed by atoms with van der Waals surface area (Å²) in [5.74, 6) is -0.746. The highest BCUT2D eigenvalue weighted by Crippen LogP contribution is 2.38. The number of carbonyl (C=O) groups excluding carboxylic acids is 1. The number of hydrogen-bond acceptors (Lipinski definition) is 3. The maximum absolute atomic E-state index is 12.9. The molecule has 0 aromatic heterocycles. The van der Waals surface area contributed by atoms with Crippen LogP contribution in [0.15, 0.2) is 24.3 Å². The Morgan fingerprint density at radius 2 is 1.80 bits per heavy atom. The first kappa shape index (κ1) is 19.7. The van der Waals surface area contributed by atoms with Gasteiger partial charge in [0, 0.05) is 31.2 Å². The molecule has 5 nitrogen and oxygen atoms in total. The molecular formula is C19H26ClNO4. The molecular weight excluding hydrogens is 342 g/mol. The van der Waals surface area contributed by atoms with Crippen molar-refractivity contribution in [3.8, 4) is 0 Å². The van der Waals surface area contributed by atoms with Crippen molar-refractivity contribution < 1.29 is 19.4 Å². The Balaban J connectivity index is 1.89. The van der Waals surface area contributed by atoms with Crippen LogP contribution in [-0.4, -0.2) is 36.7 Å². The number of rotatable bonds is 9. The van der Waals surface area contributed by atoms with E-state index in [4.69, 9.17) is 21.4 Å². The molecule has 138 valence electrons. The molecule has 0 bridgehead atoms. The van der Waals surface area contributed by atoms with Gasteiger partial charge in [0.25, 0.3) is 0 Å². The van der Waals surface area contributed by atoms with E-state index in [1.165, 1.54) is 0 Å². The lowest BCUT2D eigenvalue weighted by Crippen LogP contribution is -2.48. The summed E-state index contributed by atoms with van der Waals surface area (Å²) in [6, 6.07) is 7.53. The predicted molar refractivity (Wildman–Crippen MR) is 96.9 cm³/mol. The average Bonchev–Trinajstić information content (AvgIpc) is 2.61. The van der Waals surface area contributed by atoms with Crippen LogP contribution in [0.5, 0.6) is 0 Å². The Hall–Kier alpha value is -1.59. The number of nitrogens with one attached hydrogen (secondary N) is 1. The minimum atomic E-state index is -0.755. The first-order chi connectivity index (χ1) is 12.1. The van der Waals surface area contributed by atoms with Gasteiger partial charge in [0.15, 0.2) is 0 Å². The maximum Gasteiger partial charge on any atom is 0.303 e. The summed E-state index contributed by atoms with van der Waals surface area (Å²) in [5, 5.41) is 12.3. The number of halogens is 1. The van der Waals surface area contributed by atoms with Gasteiger partial charge in [-0.15, -0.1) is 0 Å². The molecule has 2 N–H and O–H groups in total. The third kappa shape index (κ3) is 5.44. The molecule has 1 fully saturated rings. The van der Waals surface area contributed by atoms with Gasteiger partial charge in [0.05, 0.1) is 5.41 Å². The highest BCUT2D eigenvalue weighted by atomic mass is 35.5. The monoisotopic (exact) mass is 367 g/mol. The summed E-state index contributed by atoms with van der Waals surface area (Å²) in [5.41, 5.74) is 0.249. The molecule has 1 saturated heterocycles. The second-order valence-corrected chi connectivity index (χ2v) is 6.90. The third-order valence-electron chi connectivity index (χ3n) is 4.77. The molecule has 1 aromatic carbocycles. The van der Waals surface area contributed by atoms with Crippen LogP contribution >= 0.6 is 11.6 Å². The SMILES string of the molecule is O=C(O)CCCCCCNC(=O)C1(c2ccccc2Cl)CCOCC1. The van der Waals surface area contributed by atoms with Gasteiger partial charge < -0.3 is 15.2 Å². The number of benzene rings is 1. The molecule has 1 aromatic rings. The van der Waals surface area contributed by atoms with Crippen molar-refractivity contribution in [1.29, 1.82) is 0 Å². The topological polar surface area (TPSA) is 75.6 Å². The van der Waals surface area contributed by atoms with Crippen LogP contribution in [-0.2, 0) is 19.7 Å². The van der Waals surface area contributed by atoms with Gasteiger partial charge in [-0.3, -0.25) is 9.59 Å². The van der Waals surface area contributed by atoms with Crippen molar-refractivity contribution in [2.24, 2.45) is 0 Å². The van der Waals surface area contributed by atoms with E-state index in [1.807, 2.05) is 24.3 Å². The van der Waals surface area contributed by atoms with Gasteiger partial charge in [-0.2, -0.15) is 0 Å². The number of hydrogen-bond donors (Lipinski definition) is 2. The number of unbranched alkanes of at least 4 members (excludes halogenated alkanes) is 3. The number of carboxylic acid groups (broad SMARTS) is 1. The van der Waals surface area contributed by atoms with Crippen LogP contribution in [0, 0.1) is 0 Å². The van der Waals surface area contributed by atoms with Crippen LogP contribution in [0.1, 0.15) is 50.5 Å². The number of carboxylic acids is 1. The summed E-state index contributed by atoms with van der Waals surface area (Å²) >= 11 is 6.37. The maximum atomic E-state index is 12.9. The minimum absolute atomic E-state index is 0.00874. The molecule has 1 aliphatic rings. The first-order valence-electron chi connectivity index (χ1n) is 8.89. The number of ether oxygens (including phenoxy) is 1. The lowest BCUT2D eigenvalue weighted by atomic mass is 9.73. The largest absolute Gasteiger partial charge is 0.481 e. The molecule has 0 aliphatic carbocycles. The zero-order valence-corrected chi connectivity index (χ0v) is 15.2. The van der Waals surface area contributed by atoms with Crippen molar-refractivity contribution in [2.45, 2.75) is 50.4 Å².